The number of aliphatic hydroxyl groups is 1. The molecule has 1 aromatic carbocycles. The molecule has 10 saturated heterocycles. The SMILES string of the molecule is OC[C]12[CH]3[CH]4[CH]5[C]1(c1ccccc1)[Fe]43521678[CH]2[CH]1[CH]6[CH]7[CH]28. The van der Waals surface area contributed by atoms with Gasteiger partial charge in [0.1, 0.15) is 0 Å². The van der Waals surface area contributed by atoms with Gasteiger partial charge in [0, 0.05) is 0 Å². The molecule has 0 saturated carbocycles. The van der Waals surface area contributed by atoms with Gasteiger partial charge in [-0.15, -0.1) is 0 Å². The van der Waals surface area contributed by atoms with E-state index in [-0.39, 0.29) is 0 Å². The van der Waals surface area contributed by atoms with Crippen LogP contribution in [0.1, 0.15) is 5.56 Å². The fourth-order valence-corrected chi connectivity index (χ4v) is 95.5. The van der Waals surface area contributed by atoms with Crippen molar-refractivity contribution in [2.75, 3.05) is 6.61 Å². The van der Waals surface area contributed by atoms with Crippen LogP contribution in [0.3, 0.4) is 0 Å². The molecule has 10 fully saturated rings. The Labute approximate surface area is 101 Å². The summed E-state index contributed by atoms with van der Waals surface area (Å²) in [6.45, 7) is -2.68. The van der Waals surface area contributed by atoms with Crippen molar-refractivity contribution in [3.05, 3.63) is 35.9 Å². The van der Waals surface area contributed by atoms with Crippen LogP contribution in [0.25, 0.3) is 0 Å². The van der Waals surface area contributed by atoms with Gasteiger partial charge in [0.15, 0.2) is 0 Å². The van der Waals surface area contributed by atoms with E-state index in [4.69, 9.17) is 0 Å². The zero-order chi connectivity index (χ0) is 11.8. The van der Waals surface area contributed by atoms with E-state index in [0.717, 1.165) is 0 Å². The molecule has 0 radical (unpaired) electrons. The Morgan fingerprint density at radius 3 is 1.95 bits per heavy atom. The summed E-state index contributed by atoms with van der Waals surface area (Å²) in [6.07, 6.45) is 0. The van der Waals surface area contributed by atoms with E-state index in [1.165, 1.54) is 38.5 Å². The van der Waals surface area contributed by atoms with Gasteiger partial charge in [0.2, 0.25) is 0 Å². The standard InChI is InChI=1S/C12H11O.C5H5.Fe/c13-9-11-7-4-8-12(11)10-5-2-1-3-6-10;1-2-4-5-3-1;/h1-8,13H,9H2;1-5H;. The summed E-state index contributed by atoms with van der Waals surface area (Å²) < 4.78 is 1.27. The monoisotopic (exact) mass is 292 g/mol. The molecule has 0 aromatic heterocycles. The van der Waals surface area contributed by atoms with Crippen LogP contribution in [0.5, 0.6) is 0 Å². The van der Waals surface area contributed by atoms with Crippen molar-refractivity contribution >= 4 is 0 Å². The number of benzene rings is 1. The minimum absolute atomic E-state index is 0.591. The van der Waals surface area contributed by atoms with Crippen LogP contribution >= 0.6 is 0 Å². The Morgan fingerprint density at radius 2 is 1.53 bits per heavy atom. The van der Waals surface area contributed by atoms with Gasteiger partial charge in [0.25, 0.3) is 0 Å². The summed E-state index contributed by atoms with van der Waals surface area (Å²) in [4.78, 5) is 10.1. The fourth-order valence-electron chi connectivity index (χ4n) is 19.0. The molecule has 1 nitrogen and oxygen atoms in total. The average Bonchev–Trinajstić information content (AvgIpc) is 3.40. The summed E-state index contributed by atoms with van der Waals surface area (Å²) in [6, 6.07) is 11.6. The number of hydrogen-bond donors (Lipinski definition) is 1. The molecule has 0 aliphatic carbocycles. The van der Waals surface area contributed by atoms with Gasteiger partial charge in [-0.2, -0.15) is 0 Å². The van der Waals surface area contributed by atoms with Crippen LogP contribution in [0.15, 0.2) is 30.3 Å². The predicted molar refractivity (Wildman–Crippen MR) is 67.9 cm³/mol. The van der Waals surface area contributed by atoms with Gasteiger partial charge in [0.05, 0.1) is 0 Å². The molecular formula is C17H16FeO. The zero-order valence-corrected chi connectivity index (χ0v) is 11.6. The Kier molecular flexibility index (Phi) is 0.230. The minimum atomic E-state index is -3.28. The third-order valence-electron chi connectivity index (χ3n) is 16.6. The summed E-state index contributed by atoms with van der Waals surface area (Å²) >= 11 is 0. The van der Waals surface area contributed by atoms with E-state index in [2.05, 4.69) is 30.3 Å². The Morgan fingerprint density at radius 1 is 0.895 bits per heavy atom. The Bertz CT molecular complexity index is 1160. The van der Waals surface area contributed by atoms with Gasteiger partial charge in [-0.1, -0.05) is 0 Å². The van der Waals surface area contributed by atoms with Crippen molar-refractivity contribution in [1.29, 1.82) is 0 Å². The molecule has 10 heterocycles. The molecule has 1 spiro atoms. The predicted octanol–water partition coefficient (Wildman–Crippen LogP) is 3.85. The van der Waals surface area contributed by atoms with Gasteiger partial charge in [-0.05, 0) is 0 Å². The quantitative estimate of drug-likeness (QED) is 0.821. The summed E-state index contributed by atoms with van der Waals surface area (Å²) in [5.74, 6) is 0. The van der Waals surface area contributed by atoms with Gasteiger partial charge < -0.3 is 0 Å². The second kappa shape index (κ2) is 0.613. The normalized spacial score (nSPS) is 112. The van der Waals surface area contributed by atoms with E-state index in [1.54, 1.807) is 5.56 Å². The van der Waals surface area contributed by atoms with Crippen LogP contribution in [0.4, 0.5) is 0 Å². The number of hydrogen-bond acceptors (Lipinski definition) is 1. The van der Waals surface area contributed by atoms with Crippen molar-refractivity contribution in [3.8, 4) is 0 Å². The summed E-state index contributed by atoms with van der Waals surface area (Å²) in [5, 5.41) is 10.5. The maximum atomic E-state index is 10.5. The molecule has 11 rings (SSSR count). The first-order valence-corrected chi connectivity index (χ1v) is 14.2. The van der Waals surface area contributed by atoms with Crippen LogP contribution in [-0.2, 0) is 10.8 Å². The first-order valence-electron chi connectivity index (χ1n) is 7.98. The Hall–Kier alpha value is -0.301. The Balaban J connectivity index is 1.61. The molecule has 5 atom stereocenters. The molecule has 10 aliphatic rings. The third kappa shape index (κ3) is 0.0735. The van der Waals surface area contributed by atoms with Gasteiger partial charge >= 0.3 is 101 Å². The third-order valence-corrected chi connectivity index (χ3v) is 60.0. The van der Waals surface area contributed by atoms with Crippen LogP contribution in [0.2, 0.25) is 42.8 Å². The topological polar surface area (TPSA) is 20.2 Å². The van der Waals surface area contributed by atoms with Crippen molar-refractivity contribution in [3.63, 3.8) is 0 Å². The average molecular weight is 292 g/mol. The molecule has 98 valence electrons. The molecule has 1 N–H and O–H groups in total. The van der Waals surface area contributed by atoms with Crippen molar-refractivity contribution in [2.24, 2.45) is 0 Å². The van der Waals surface area contributed by atoms with E-state index >= 15 is 0 Å². The van der Waals surface area contributed by atoms with Crippen molar-refractivity contribution in [2.45, 2.75) is 47.2 Å². The van der Waals surface area contributed by atoms with Crippen molar-refractivity contribution < 1.29 is 11.6 Å². The molecule has 0 amide bonds. The van der Waals surface area contributed by atoms with Crippen molar-refractivity contribution in [1.82, 2.24) is 0 Å². The summed E-state index contributed by atoms with van der Waals surface area (Å²) in [5.41, 5.74) is 1.73. The van der Waals surface area contributed by atoms with Gasteiger partial charge in [-0.25, -0.2) is 0 Å². The zero-order valence-electron chi connectivity index (χ0n) is 10.5. The second-order valence-corrected chi connectivity index (χ2v) is 34.7. The van der Waals surface area contributed by atoms with Crippen LogP contribution in [-0.4, -0.2) is 11.7 Å². The van der Waals surface area contributed by atoms with E-state index < -0.39 is 6.51 Å². The van der Waals surface area contributed by atoms with Crippen LogP contribution < -0.4 is 0 Å². The fraction of sp³-hybridized carbons (Fsp3) is 0.647. The first kappa shape index (κ1) is 7.11. The molecule has 2 heteroatoms. The molecule has 1 aromatic rings. The van der Waals surface area contributed by atoms with Gasteiger partial charge in [-0.3, -0.25) is 0 Å². The molecule has 19 heavy (non-hydrogen) atoms. The van der Waals surface area contributed by atoms with E-state index in [1.807, 2.05) is 0 Å². The number of aliphatic hydroxyl groups excluding tert-OH is 1. The van der Waals surface area contributed by atoms with E-state index in [9.17, 15) is 5.11 Å². The molecule has 5 unspecified atom stereocenters. The van der Waals surface area contributed by atoms with E-state index in [0.29, 0.717) is 15.2 Å². The summed E-state index contributed by atoms with van der Waals surface area (Å²) in [7, 11) is 0. The molecule has 0 bridgehead atoms. The first-order chi connectivity index (χ1) is 9.10. The second-order valence-electron chi connectivity index (χ2n) is 11.4. The molecular weight excluding hydrogens is 276 g/mol. The van der Waals surface area contributed by atoms with Crippen LogP contribution in [0, 0.1) is 0 Å². The molecule has 10 aliphatic heterocycles. The number of rotatable bonds is 2. The number of fused-ring (bicyclic) bond motifs is 10. The maximum absolute atomic E-state index is 10.5.